The summed E-state index contributed by atoms with van der Waals surface area (Å²) in [6.07, 6.45) is 2.68. The molecule has 3 rings (SSSR count). The van der Waals surface area contributed by atoms with Gasteiger partial charge in [0.15, 0.2) is 0 Å². The van der Waals surface area contributed by atoms with Crippen LogP contribution in [0.5, 0.6) is 0 Å². The number of nitrogens with zero attached hydrogens (tertiary/aromatic N) is 3. The van der Waals surface area contributed by atoms with Crippen molar-refractivity contribution in [2.24, 2.45) is 0 Å². The Morgan fingerprint density at radius 1 is 1.29 bits per heavy atom. The number of aromatic amines is 1. The van der Waals surface area contributed by atoms with Crippen LogP contribution in [0.4, 0.5) is 0 Å². The average Bonchev–Trinajstić information content (AvgIpc) is 2.85. The van der Waals surface area contributed by atoms with Crippen molar-refractivity contribution in [3.05, 3.63) is 30.0 Å². The fourth-order valence-electron chi connectivity index (χ4n) is 2.80. The number of hydrogen-bond acceptors (Lipinski definition) is 4. The highest BCUT2D eigenvalue weighted by atomic mass is 16.3. The molecule has 6 heteroatoms. The molecule has 0 radical (unpaired) electrons. The van der Waals surface area contributed by atoms with Gasteiger partial charge in [0.1, 0.15) is 0 Å². The highest BCUT2D eigenvalue weighted by Crippen LogP contribution is 2.15. The fourth-order valence-corrected chi connectivity index (χ4v) is 2.80. The van der Waals surface area contributed by atoms with Gasteiger partial charge < -0.3 is 10.0 Å². The summed E-state index contributed by atoms with van der Waals surface area (Å²) in [6.45, 7) is 4.09. The van der Waals surface area contributed by atoms with Crippen LogP contribution >= 0.6 is 0 Å². The Labute approximate surface area is 123 Å². The first-order chi connectivity index (χ1) is 10.3. The molecule has 1 aliphatic heterocycles. The summed E-state index contributed by atoms with van der Waals surface area (Å²) in [5.74, 6) is 0.0731. The van der Waals surface area contributed by atoms with Crippen LogP contribution < -0.4 is 0 Å². The van der Waals surface area contributed by atoms with Crippen LogP contribution in [0.3, 0.4) is 0 Å². The van der Waals surface area contributed by atoms with E-state index in [0.717, 1.165) is 37.0 Å². The first-order valence-corrected chi connectivity index (χ1v) is 7.33. The third-order valence-corrected chi connectivity index (χ3v) is 3.98. The molecule has 0 atom stereocenters. The smallest absolute Gasteiger partial charge is 0.253 e. The molecule has 2 aromatic rings. The summed E-state index contributed by atoms with van der Waals surface area (Å²) >= 11 is 0. The van der Waals surface area contributed by atoms with E-state index in [4.69, 9.17) is 5.11 Å². The summed E-state index contributed by atoms with van der Waals surface area (Å²) < 4.78 is 0. The largest absolute Gasteiger partial charge is 0.395 e. The summed E-state index contributed by atoms with van der Waals surface area (Å²) in [6, 6.07) is 5.63. The first-order valence-electron chi connectivity index (χ1n) is 7.33. The van der Waals surface area contributed by atoms with E-state index < -0.39 is 0 Å². The maximum atomic E-state index is 12.6. The Morgan fingerprint density at radius 2 is 2.19 bits per heavy atom. The number of aliphatic hydroxyl groups is 1. The normalized spacial score (nSPS) is 17.1. The predicted octanol–water partition coefficient (Wildman–Crippen LogP) is 0.703. The Hall–Kier alpha value is -1.92. The second kappa shape index (κ2) is 6.24. The molecule has 0 saturated carbocycles. The van der Waals surface area contributed by atoms with Crippen LogP contribution in [0.15, 0.2) is 24.4 Å². The first kappa shape index (κ1) is 14.0. The van der Waals surface area contributed by atoms with Crippen molar-refractivity contribution >= 4 is 16.8 Å². The Morgan fingerprint density at radius 3 is 3.05 bits per heavy atom. The van der Waals surface area contributed by atoms with Crippen LogP contribution in [-0.2, 0) is 0 Å². The van der Waals surface area contributed by atoms with Gasteiger partial charge in [-0.15, -0.1) is 0 Å². The molecule has 2 heterocycles. The molecule has 1 saturated heterocycles. The topological polar surface area (TPSA) is 72.5 Å². The van der Waals surface area contributed by atoms with E-state index in [1.54, 1.807) is 6.20 Å². The molecule has 0 spiro atoms. The van der Waals surface area contributed by atoms with Crippen LogP contribution in [0.25, 0.3) is 10.9 Å². The SMILES string of the molecule is O=C(c1ccc2[nH]ncc2c1)N1CCCN(CCO)CC1. The van der Waals surface area contributed by atoms with Crippen LogP contribution in [-0.4, -0.2) is 70.3 Å². The molecule has 1 aromatic heterocycles. The van der Waals surface area contributed by atoms with Crippen molar-refractivity contribution in [1.82, 2.24) is 20.0 Å². The number of amides is 1. The average molecular weight is 288 g/mol. The van der Waals surface area contributed by atoms with Crippen LogP contribution in [0.2, 0.25) is 0 Å². The van der Waals surface area contributed by atoms with Gasteiger partial charge in [0.25, 0.3) is 5.91 Å². The highest BCUT2D eigenvalue weighted by molar-refractivity contribution is 5.97. The number of fused-ring (bicyclic) bond motifs is 1. The van der Waals surface area contributed by atoms with Crippen LogP contribution in [0.1, 0.15) is 16.8 Å². The molecular formula is C15H20N4O2. The van der Waals surface area contributed by atoms with E-state index >= 15 is 0 Å². The van der Waals surface area contributed by atoms with Gasteiger partial charge in [-0.05, 0) is 31.2 Å². The molecular weight excluding hydrogens is 268 g/mol. The second-order valence-corrected chi connectivity index (χ2v) is 5.38. The molecule has 1 aliphatic rings. The van der Waals surface area contributed by atoms with Gasteiger partial charge in [-0.1, -0.05) is 0 Å². The third-order valence-electron chi connectivity index (χ3n) is 3.98. The minimum absolute atomic E-state index is 0.0731. The lowest BCUT2D eigenvalue weighted by Crippen LogP contribution is -2.35. The lowest BCUT2D eigenvalue weighted by molar-refractivity contribution is 0.0760. The summed E-state index contributed by atoms with van der Waals surface area (Å²) in [5, 5.41) is 16.8. The number of β-amino-alcohol motifs (C(OH)–C–C–N with tert-alkyl or cyclic N) is 1. The van der Waals surface area contributed by atoms with Crippen molar-refractivity contribution in [3.63, 3.8) is 0 Å². The van der Waals surface area contributed by atoms with Gasteiger partial charge in [0.05, 0.1) is 18.3 Å². The highest BCUT2D eigenvalue weighted by Gasteiger charge is 2.20. The Balaban J connectivity index is 1.72. The van der Waals surface area contributed by atoms with Crippen molar-refractivity contribution < 1.29 is 9.90 Å². The monoisotopic (exact) mass is 288 g/mol. The Bertz CT molecular complexity index is 625. The van der Waals surface area contributed by atoms with E-state index in [0.29, 0.717) is 18.7 Å². The van der Waals surface area contributed by atoms with Gasteiger partial charge in [-0.3, -0.25) is 14.8 Å². The molecule has 2 N–H and O–H groups in total. The summed E-state index contributed by atoms with van der Waals surface area (Å²) in [5.41, 5.74) is 1.65. The molecule has 6 nitrogen and oxygen atoms in total. The zero-order chi connectivity index (χ0) is 14.7. The zero-order valence-corrected chi connectivity index (χ0v) is 12.0. The lowest BCUT2D eigenvalue weighted by Gasteiger charge is -2.21. The molecule has 1 fully saturated rings. The number of aliphatic hydroxyl groups excluding tert-OH is 1. The van der Waals surface area contributed by atoms with Gasteiger partial charge in [-0.25, -0.2) is 0 Å². The van der Waals surface area contributed by atoms with Crippen molar-refractivity contribution in [1.29, 1.82) is 0 Å². The van der Waals surface area contributed by atoms with E-state index in [9.17, 15) is 4.79 Å². The molecule has 112 valence electrons. The van der Waals surface area contributed by atoms with Gasteiger partial charge in [-0.2, -0.15) is 5.10 Å². The maximum absolute atomic E-state index is 12.6. The molecule has 21 heavy (non-hydrogen) atoms. The minimum atomic E-state index is 0.0731. The maximum Gasteiger partial charge on any atom is 0.253 e. The van der Waals surface area contributed by atoms with Gasteiger partial charge in [0, 0.05) is 37.1 Å². The molecule has 1 aromatic carbocycles. The molecule has 0 aliphatic carbocycles. The number of nitrogens with one attached hydrogen (secondary N) is 1. The zero-order valence-electron chi connectivity index (χ0n) is 12.0. The van der Waals surface area contributed by atoms with Gasteiger partial charge >= 0.3 is 0 Å². The predicted molar refractivity (Wildman–Crippen MR) is 80.1 cm³/mol. The van der Waals surface area contributed by atoms with E-state index in [1.165, 1.54) is 0 Å². The minimum Gasteiger partial charge on any atom is -0.395 e. The number of benzene rings is 1. The van der Waals surface area contributed by atoms with Crippen molar-refractivity contribution in [3.8, 4) is 0 Å². The summed E-state index contributed by atoms with van der Waals surface area (Å²) in [7, 11) is 0. The summed E-state index contributed by atoms with van der Waals surface area (Å²) in [4.78, 5) is 16.7. The number of rotatable bonds is 3. The van der Waals surface area contributed by atoms with E-state index in [-0.39, 0.29) is 12.5 Å². The van der Waals surface area contributed by atoms with Crippen molar-refractivity contribution in [2.75, 3.05) is 39.3 Å². The number of H-pyrrole nitrogens is 1. The van der Waals surface area contributed by atoms with Gasteiger partial charge in [0.2, 0.25) is 0 Å². The quantitative estimate of drug-likeness (QED) is 0.872. The molecule has 0 bridgehead atoms. The number of aromatic nitrogens is 2. The molecule has 0 unspecified atom stereocenters. The van der Waals surface area contributed by atoms with Crippen molar-refractivity contribution in [2.45, 2.75) is 6.42 Å². The standard InChI is InChI=1S/C15H20N4O2/c20-9-8-18-4-1-5-19(7-6-18)15(21)12-2-3-14-13(10-12)11-16-17-14/h2-3,10-11,20H,1,4-9H2,(H,16,17). The number of carbonyl (C=O) groups excluding carboxylic acids is 1. The van der Waals surface area contributed by atoms with Crippen LogP contribution in [0, 0.1) is 0 Å². The second-order valence-electron chi connectivity index (χ2n) is 5.38. The lowest BCUT2D eigenvalue weighted by atomic mass is 10.1. The Kier molecular flexibility index (Phi) is 4.17. The number of carbonyl (C=O) groups is 1. The molecule has 1 amide bonds. The van der Waals surface area contributed by atoms with E-state index in [1.807, 2.05) is 23.1 Å². The fraction of sp³-hybridized carbons (Fsp3) is 0.467. The van der Waals surface area contributed by atoms with E-state index in [2.05, 4.69) is 15.1 Å². The number of hydrogen-bond donors (Lipinski definition) is 2. The third kappa shape index (κ3) is 3.06.